The van der Waals surface area contributed by atoms with Crippen LogP contribution in [0.4, 0.5) is 0 Å². The second kappa shape index (κ2) is 3.84. The highest BCUT2D eigenvalue weighted by molar-refractivity contribution is 7.98. The summed E-state index contributed by atoms with van der Waals surface area (Å²) in [6, 6.07) is 8.09. The standard InChI is InChI=1S/C10H10N2OS/c1-7-11-10(12-13-7)8-3-5-9(14-2)6-4-8/h3-6H,1-2H3. The molecule has 4 heteroatoms. The third-order valence-electron chi connectivity index (χ3n) is 1.88. The Morgan fingerprint density at radius 3 is 2.43 bits per heavy atom. The van der Waals surface area contributed by atoms with E-state index in [9.17, 15) is 0 Å². The Labute approximate surface area is 86.5 Å². The van der Waals surface area contributed by atoms with Crippen molar-refractivity contribution in [2.45, 2.75) is 11.8 Å². The smallest absolute Gasteiger partial charge is 0.223 e. The quantitative estimate of drug-likeness (QED) is 0.708. The van der Waals surface area contributed by atoms with Gasteiger partial charge in [0.15, 0.2) is 0 Å². The topological polar surface area (TPSA) is 38.9 Å². The summed E-state index contributed by atoms with van der Waals surface area (Å²) in [6.45, 7) is 1.78. The van der Waals surface area contributed by atoms with Crippen LogP contribution in [0.3, 0.4) is 0 Å². The lowest BCUT2D eigenvalue weighted by atomic mass is 10.2. The minimum Gasteiger partial charge on any atom is -0.339 e. The first kappa shape index (κ1) is 9.27. The van der Waals surface area contributed by atoms with Gasteiger partial charge in [0.25, 0.3) is 0 Å². The summed E-state index contributed by atoms with van der Waals surface area (Å²) in [7, 11) is 0. The molecule has 0 aliphatic carbocycles. The van der Waals surface area contributed by atoms with Gasteiger partial charge < -0.3 is 4.52 Å². The van der Waals surface area contributed by atoms with Crippen LogP contribution in [0.15, 0.2) is 33.7 Å². The van der Waals surface area contributed by atoms with Crippen molar-refractivity contribution in [1.82, 2.24) is 10.1 Å². The zero-order valence-electron chi connectivity index (χ0n) is 8.02. The Balaban J connectivity index is 2.33. The molecule has 0 spiro atoms. The summed E-state index contributed by atoms with van der Waals surface area (Å²) < 4.78 is 4.91. The van der Waals surface area contributed by atoms with Gasteiger partial charge in [-0.2, -0.15) is 4.98 Å². The first-order chi connectivity index (χ1) is 6.79. The van der Waals surface area contributed by atoms with E-state index >= 15 is 0 Å². The second-order valence-electron chi connectivity index (χ2n) is 2.87. The summed E-state index contributed by atoms with van der Waals surface area (Å²) in [4.78, 5) is 5.38. The highest BCUT2D eigenvalue weighted by Crippen LogP contribution is 2.20. The summed E-state index contributed by atoms with van der Waals surface area (Å²) in [5, 5.41) is 3.85. The molecule has 0 unspecified atom stereocenters. The van der Waals surface area contributed by atoms with E-state index in [1.807, 2.05) is 30.5 Å². The molecule has 0 amide bonds. The van der Waals surface area contributed by atoms with Crippen molar-refractivity contribution in [3.05, 3.63) is 30.2 Å². The summed E-state index contributed by atoms with van der Waals surface area (Å²) >= 11 is 1.71. The number of aromatic nitrogens is 2. The molecule has 3 nitrogen and oxygen atoms in total. The van der Waals surface area contributed by atoms with Gasteiger partial charge in [-0.15, -0.1) is 11.8 Å². The molecule has 2 rings (SSSR count). The van der Waals surface area contributed by atoms with Gasteiger partial charge in [-0.05, 0) is 30.5 Å². The molecule has 0 aliphatic rings. The van der Waals surface area contributed by atoms with Crippen LogP contribution in [0.1, 0.15) is 5.89 Å². The van der Waals surface area contributed by atoms with Crippen molar-refractivity contribution >= 4 is 11.8 Å². The first-order valence-electron chi connectivity index (χ1n) is 4.24. The lowest BCUT2D eigenvalue weighted by Crippen LogP contribution is -1.80. The number of rotatable bonds is 2. The molecule has 0 saturated carbocycles. The maximum absolute atomic E-state index is 4.91. The summed E-state index contributed by atoms with van der Waals surface area (Å²) in [6.07, 6.45) is 2.05. The molecule has 0 fully saturated rings. The average molecular weight is 206 g/mol. The molecule has 0 N–H and O–H groups in total. The Morgan fingerprint density at radius 2 is 1.93 bits per heavy atom. The fraction of sp³-hybridized carbons (Fsp3) is 0.200. The van der Waals surface area contributed by atoms with Crippen LogP contribution in [-0.4, -0.2) is 16.4 Å². The van der Waals surface area contributed by atoms with Crippen LogP contribution in [-0.2, 0) is 0 Å². The van der Waals surface area contributed by atoms with E-state index in [-0.39, 0.29) is 0 Å². The van der Waals surface area contributed by atoms with Crippen LogP contribution in [0.25, 0.3) is 11.4 Å². The fourth-order valence-electron chi connectivity index (χ4n) is 1.16. The van der Waals surface area contributed by atoms with E-state index in [2.05, 4.69) is 10.1 Å². The maximum atomic E-state index is 4.91. The number of hydrogen-bond acceptors (Lipinski definition) is 4. The molecule has 14 heavy (non-hydrogen) atoms. The minimum absolute atomic E-state index is 0.592. The molecule has 0 atom stereocenters. The molecule has 0 aliphatic heterocycles. The number of nitrogens with zero attached hydrogens (tertiary/aromatic N) is 2. The Morgan fingerprint density at radius 1 is 1.21 bits per heavy atom. The monoisotopic (exact) mass is 206 g/mol. The van der Waals surface area contributed by atoms with Crippen LogP contribution in [0, 0.1) is 6.92 Å². The number of thioether (sulfide) groups is 1. The van der Waals surface area contributed by atoms with Gasteiger partial charge in [0.1, 0.15) is 0 Å². The molecule has 1 aromatic heterocycles. The van der Waals surface area contributed by atoms with Gasteiger partial charge in [0, 0.05) is 17.4 Å². The van der Waals surface area contributed by atoms with Crippen LogP contribution < -0.4 is 0 Å². The highest BCUT2D eigenvalue weighted by Gasteiger charge is 2.04. The van der Waals surface area contributed by atoms with Crippen LogP contribution in [0.2, 0.25) is 0 Å². The van der Waals surface area contributed by atoms with E-state index in [4.69, 9.17) is 4.52 Å². The normalized spacial score (nSPS) is 10.4. The van der Waals surface area contributed by atoms with Crippen molar-refractivity contribution < 1.29 is 4.52 Å². The zero-order chi connectivity index (χ0) is 9.97. The number of aryl methyl sites for hydroxylation is 1. The van der Waals surface area contributed by atoms with Crippen molar-refractivity contribution in [2.24, 2.45) is 0 Å². The molecule has 2 aromatic rings. The van der Waals surface area contributed by atoms with Gasteiger partial charge in [-0.1, -0.05) is 5.16 Å². The maximum Gasteiger partial charge on any atom is 0.223 e. The van der Waals surface area contributed by atoms with Crippen LogP contribution in [0.5, 0.6) is 0 Å². The van der Waals surface area contributed by atoms with Gasteiger partial charge in [0.2, 0.25) is 11.7 Å². The molecular formula is C10H10N2OS. The number of hydrogen-bond donors (Lipinski definition) is 0. The third kappa shape index (κ3) is 1.80. The average Bonchev–Trinajstić information content (AvgIpc) is 2.65. The summed E-state index contributed by atoms with van der Waals surface area (Å²) in [5.74, 6) is 1.24. The number of benzene rings is 1. The van der Waals surface area contributed by atoms with E-state index < -0.39 is 0 Å². The lowest BCUT2D eigenvalue weighted by Gasteiger charge is -1.96. The first-order valence-corrected chi connectivity index (χ1v) is 5.47. The molecule has 0 saturated heterocycles. The van der Waals surface area contributed by atoms with E-state index in [1.165, 1.54) is 4.90 Å². The van der Waals surface area contributed by atoms with Crippen molar-refractivity contribution in [2.75, 3.05) is 6.26 Å². The highest BCUT2D eigenvalue weighted by atomic mass is 32.2. The van der Waals surface area contributed by atoms with Crippen molar-refractivity contribution in [3.63, 3.8) is 0 Å². The van der Waals surface area contributed by atoms with Crippen LogP contribution >= 0.6 is 11.8 Å². The molecule has 1 heterocycles. The Bertz CT molecular complexity index is 422. The van der Waals surface area contributed by atoms with Gasteiger partial charge >= 0.3 is 0 Å². The van der Waals surface area contributed by atoms with E-state index in [0.717, 1.165) is 5.56 Å². The molecular weight excluding hydrogens is 196 g/mol. The Kier molecular flexibility index (Phi) is 2.54. The second-order valence-corrected chi connectivity index (χ2v) is 3.75. The Hall–Kier alpha value is -1.29. The zero-order valence-corrected chi connectivity index (χ0v) is 8.84. The summed E-state index contributed by atoms with van der Waals surface area (Å²) in [5.41, 5.74) is 0.986. The molecule has 1 aromatic carbocycles. The lowest BCUT2D eigenvalue weighted by molar-refractivity contribution is 0.394. The van der Waals surface area contributed by atoms with Crippen molar-refractivity contribution in [3.8, 4) is 11.4 Å². The third-order valence-corrected chi connectivity index (χ3v) is 2.62. The van der Waals surface area contributed by atoms with E-state index in [0.29, 0.717) is 11.7 Å². The predicted molar refractivity (Wildman–Crippen MR) is 56.3 cm³/mol. The molecule has 72 valence electrons. The minimum atomic E-state index is 0.592. The SMILES string of the molecule is CSc1ccc(-c2noc(C)n2)cc1. The molecule has 0 radical (unpaired) electrons. The van der Waals surface area contributed by atoms with Crippen molar-refractivity contribution in [1.29, 1.82) is 0 Å². The van der Waals surface area contributed by atoms with Gasteiger partial charge in [-0.25, -0.2) is 0 Å². The predicted octanol–water partition coefficient (Wildman–Crippen LogP) is 2.77. The van der Waals surface area contributed by atoms with E-state index in [1.54, 1.807) is 18.7 Å². The van der Waals surface area contributed by atoms with Gasteiger partial charge in [0.05, 0.1) is 0 Å². The van der Waals surface area contributed by atoms with Gasteiger partial charge in [-0.3, -0.25) is 0 Å². The fourth-order valence-corrected chi connectivity index (χ4v) is 1.56. The molecule has 0 bridgehead atoms. The largest absolute Gasteiger partial charge is 0.339 e.